The molecule has 0 aliphatic heterocycles. The third-order valence-corrected chi connectivity index (χ3v) is 5.56. The Kier molecular flexibility index (Phi) is 5.03. The van der Waals surface area contributed by atoms with Gasteiger partial charge in [-0.3, -0.25) is 14.0 Å². The van der Waals surface area contributed by atoms with Crippen LogP contribution in [0.3, 0.4) is 0 Å². The third kappa shape index (κ3) is 4.00. The Morgan fingerprint density at radius 2 is 2.11 bits per heavy atom. The highest BCUT2D eigenvalue weighted by atomic mass is 19.3. The molecule has 0 radical (unpaired) electrons. The van der Waals surface area contributed by atoms with Gasteiger partial charge in [0.15, 0.2) is 0 Å². The third-order valence-electron chi connectivity index (χ3n) is 5.56. The minimum atomic E-state index is -2.75. The second kappa shape index (κ2) is 7.48. The maximum atomic E-state index is 13.5. The molecular weight excluding hydrogens is 366 g/mol. The molecule has 2 aliphatic carbocycles. The molecule has 0 aromatic carbocycles. The van der Waals surface area contributed by atoms with Crippen LogP contribution in [0.25, 0.3) is 5.65 Å². The molecular formula is C20H24F2N4O2. The lowest BCUT2D eigenvalue weighted by Gasteiger charge is -2.28. The Bertz CT molecular complexity index is 878. The smallest absolute Gasteiger partial charge is 0.271 e. The molecule has 2 heterocycles. The highest BCUT2D eigenvalue weighted by Gasteiger charge is 2.39. The minimum absolute atomic E-state index is 0.107. The molecule has 2 amide bonds. The van der Waals surface area contributed by atoms with Crippen LogP contribution >= 0.6 is 0 Å². The van der Waals surface area contributed by atoms with Crippen LogP contribution in [0.2, 0.25) is 0 Å². The Balaban J connectivity index is 1.37. The molecule has 2 saturated carbocycles. The van der Waals surface area contributed by atoms with Crippen LogP contribution in [-0.4, -0.2) is 51.2 Å². The van der Waals surface area contributed by atoms with Gasteiger partial charge in [0.1, 0.15) is 11.3 Å². The van der Waals surface area contributed by atoms with Gasteiger partial charge in [-0.15, -0.1) is 0 Å². The molecule has 0 saturated heterocycles. The predicted octanol–water partition coefficient (Wildman–Crippen LogP) is 2.88. The fraction of sp³-hybridized carbons (Fsp3) is 0.550. The van der Waals surface area contributed by atoms with Gasteiger partial charge in [0.25, 0.3) is 5.91 Å². The number of hydrogen-bond acceptors (Lipinski definition) is 3. The van der Waals surface area contributed by atoms with E-state index in [0.717, 1.165) is 12.8 Å². The van der Waals surface area contributed by atoms with Crippen molar-refractivity contribution in [3.05, 3.63) is 36.3 Å². The molecule has 1 unspecified atom stereocenters. The van der Waals surface area contributed by atoms with E-state index in [-0.39, 0.29) is 37.2 Å². The Labute approximate surface area is 161 Å². The van der Waals surface area contributed by atoms with Crippen molar-refractivity contribution in [2.24, 2.45) is 5.92 Å². The summed E-state index contributed by atoms with van der Waals surface area (Å²) >= 11 is 0. The van der Waals surface area contributed by atoms with E-state index >= 15 is 0 Å². The van der Waals surface area contributed by atoms with E-state index in [1.807, 2.05) is 6.07 Å². The summed E-state index contributed by atoms with van der Waals surface area (Å²) in [4.78, 5) is 31.3. The molecule has 2 aromatic rings. The fourth-order valence-corrected chi connectivity index (χ4v) is 3.94. The molecule has 2 fully saturated rings. The number of alkyl halides is 2. The molecule has 8 heteroatoms. The van der Waals surface area contributed by atoms with Gasteiger partial charge >= 0.3 is 0 Å². The van der Waals surface area contributed by atoms with Gasteiger partial charge in [0.2, 0.25) is 11.8 Å². The molecule has 4 rings (SSSR count). The number of nitrogens with one attached hydrogen (secondary N) is 1. The molecule has 2 aliphatic rings. The summed E-state index contributed by atoms with van der Waals surface area (Å²) < 4.78 is 28.8. The summed E-state index contributed by atoms with van der Waals surface area (Å²) in [5.41, 5.74) is 1.23. The van der Waals surface area contributed by atoms with Gasteiger partial charge in [-0.1, -0.05) is 6.07 Å². The Morgan fingerprint density at radius 1 is 1.29 bits per heavy atom. The van der Waals surface area contributed by atoms with E-state index in [1.165, 1.54) is 0 Å². The van der Waals surface area contributed by atoms with Crippen LogP contribution in [-0.2, 0) is 4.79 Å². The van der Waals surface area contributed by atoms with Gasteiger partial charge in [-0.25, -0.2) is 13.8 Å². The lowest BCUT2D eigenvalue weighted by atomic mass is 9.86. The van der Waals surface area contributed by atoms with Crippen molar-refractivity contribution in [1.82, 2.24) is 19.6 Å². The second-order valence-electron chi connectivity index (χ2n) is 7.74. The molecule has 0 spiro atoms. The first-order valence-electron chi connectivity index (χ1n) is 9.83. The summed E-state index contributed by atoms with van der Waals surface area (Å²) in [5, 5.41) is 2.76. The van der Waals surface area contributed by atoms with Crippen molar-refractivity contribution in [2.75, 3.05) is 13.1 Å². The van der Waals surface area contributed by atoms with Crippen molar-refractivity contribution in [3.63, 3.8) is 0 Å². The number of amides is 2. The lowest BCUT2D eigenvalue weighted by Crippen LogP contribution is -2.43. The monoisotopic (exact) mass is 390 g/mol. The molecule has 150 valence electrons. The van der Waals surface area contributed by atoms with Crippen LogP contribution in [0.4, 0.5) is 8.78 Å². The lowest BCUT2D eigenvalue weighted by molar-refractivity contribution is -0.132. The van der Waals surface area contributed by atoms with Crippen molar-refractivity contribution >= 4 is 17.5 Å². The maximum absolute atomic E-state index is 13.5. The van der Waals surface area contributed by atoms with E-state index < -0.39 is 11.8 Å². The number of carbonyl (C=O) groups is 2. The number of fused-ring (bicyclic) bond motifs is 1. The molecule has 2 aromatic heterocycles. The highest BCUT2D eigenvalue weighted by molar-refractivity contribution is 5.93. The Hall–Kier alpha value is -2.51. The first-order valence-corrected chi connectivity index (χ1v) is 9.83. The number of halogens is 2. The zero-order valence-electron chi connectivity index (χ0n) is 15.6. The number of pyridine rings is 1. The first-order chi connectivity index (χ1) is 13.4. The number of imidazole rings is 1. The maximum Gasteiger partial charge on any atom is 0.271 e. The van der Waals surface area contributed by atoms with E-state index in [4.69, 9.17) is 0 Å². The van der Waals surface area contributed by atoms with E-state index in [2.05, 4.69) is 10.3 Å². The average molecular weight is 390 g/mol. The summed E-state index contributed by atoms with van der Waals surface area (Å²) in [6, 6.07) is 5.56. The number of rotatable bonds is 6. The molecule has 1 N–H and O–H groups in total. The molecule has 28 heavy (non-hydrogen) atoms. The van der Waals surface area contributed by atoms with E-state index in [9.17, 15) is 18.4 Å². The normalized spacial score (nSPS) is 21.4. The number of hydrogen-bond donors (Lipinski definition) is 1. The SMILES string of the molecule is O=C(NCCN(C(=O)c1cccc2nccn12)C1CC1)C1CCCC(F)(F)C1. The van der Waals surface area contributed by atoms with Crippen LogP contribution in [0.1, 0.15) is 49.0 Å². The Morgan fingerprint density at radius 3 is 2.86 bits per heavy atom. The number of carbonyl (C=O) groups excluding carboxylic acids is 2. The second-order valence-corrected chi connectivity index (χ2v) is 7.74. The summed E-state index contributed by atoms with van der Waals surface area (Å²) in [5.74, 6) is -3.84. The van der Waals surface area contributed by atoms with Crippen LogP contribution < -0.4 is 5.32 Å². The number of aromatic nitrogens is 2. The zero-order chi connectivity index (χ0) is 19.7. The van der Waals surface area contributed by atoms with Crippen LogP contribution in [0.5, 0.6) is 0 Å². The van der Waals surface area contributed by atoms with Gasteiger partial charge in [-0.2, -0.15) is 0 Å². The van der Waals surface area contributed by atoms with Gasteiger partial charge in [0.05, 0.1) is 0 Å². The van der Waals surface area contributed by atoms with Gasteiger partial charge < -0.3 is 10.2 Å². The minimum Gasteiger partial charge on any atom is -0.354 e. The predicted molar refractivity (Wildman–Crippen MR) is 99.2 cm³/mol. The average Bonchev–Trinajstić information content (AvgIpc) is 3.39. The van der Waals surface area contributed by atoms with E-state index in [1.54, 1.807) is 33.8 Å². The van der Waals surface area contributed by atoms with Gasteiger partial charge in [-0.05, 0) is 37.8 Å². The molecule has 1 atom stereocenters. The van der Waals surface area contributed by atoms with Crippen molar-refractivity contribution in [3.8, 4) is 0 Å². The van der Waals surface area contributed by atoms with Crippen LogP contribution in [0, 0.1) is 5.92 Å². The molecule has 6 nitrogen and oxygen atoms in total. The standard InChI is InChI=1S/C20H24F2N4O2/c21-20(22)8-2-3-14(13-20)18(27)24-10-11-25(15-6-7-15)19(28)16-4-1-5-17-23-9-12-26(16)17/h1,4-5,9,12,14-15H,2-3,6-8,10-11,13H2,(H,24,27). The van der Waals surface area contributed by atoms with Crippen molar-refractivity contribution in [1.29, 1.82) is 0 Å². The zero-order valence-corrected chi connectivity index (χ0v) is 15.6. The fourth-order valence-electron chi connectivity index (χ4n) is 3.94. The summed E-state index contributed by atoms with van der Waals surface area (Å²) in [6.45, 7) is 0.631. The highest BCUT2D eigenvalue weighted by Crippen LogP contribution is 2.36. The molecule has 0 bridgehead atoms. The van der Waals surface area contributed by atoms with Crippen LogP contribution in [0.15, 0.2) is 30.6 Å². The van der Waals surface area contributed by atoms with Crippen molar-refractivity contribution < 1.29 is 18.4 Å². The largest absolute Gasteiger partial charge is 0.354 e. The van der Waals surface area contributed by atoms with Crippen molar-refractivity contribution in [2.45, 2.75) is 50.5 Å². The topological polar surface area (TPSA) is 66.7 Å². The first kappa shape index (κ1) is 18.8. The summed E-state index contributed by atoms with van der Waals surface area (Å²) in [7, 11) is 0. The quantitative estimate of drug-likeness (QED) is 0.825. The van der Waals surface area contributed by atoms with Gasteiger partial charge in [0, 0.05) is 50.3 Å². The van der Waals surface area contributed by atoms with E-state index in [0.29, 0.717) is 30.7 Å². The number of nitrogens with zero attached hydrogens (tertiary/aromatic N) is 3. The summed E-state index contributed by atoms with van der Waals surface area (Å²) in [6.07, 6.45) is 5.62.